The third-order valence-corrected chi connectivity index (χ3v) is 3.55. The first-order chi connectivity index (χ1) is 12.2. The van der Waals surface area contributed by atoms with Gasteiger partial charge in [0.1, 0.15) is 11.5 Å². The first kappa shape index (κ1) is 16.3. The summed E-state index contributed by atoms with van der Waals surface area (Å²) in [5.74, 6) is 0.952. The topological polar surface area (TPSA) is 134 Å². The Morgan fingerprint density at radius 1 is 1.40 bits per heavy atom. The molecule has 0 spiro atoms. The zero-order chi connectivity index (χ0) is 17.6. The lowest BCUT2D eigenvalue weighted by Crippen LogP contribution is -1.99. The number of nitrogens with zero attached hydrogens (tertiary/aromatic N) is 4. The number of aromatic amines is 1. The number of aliphatic hydroxyl groups is 1. The number of H-pyrrole nitrogens is 1. The molecular weight excluding hydrogens is 318 g/mol. The normalized spacial score (nSPS) is 11.3. The van der Waals surface area contributed by atoms with Gasteiger partial charge in [-0.15, -0.1) is 0 Å². The van der Waals surface area contributed by atoms with Crippen LogP contribution < -0.4 is 5.32 Å². The largest absolute Gasteiger partial charge is 0.396 e. The number of aromatic nitrogens is 4. The van der Waals surface area contributed by atoms with E-state index in [9.17, 15) is 0 Å². The first-order valence-electron chi connectivity index (χ1n) is 7.53. The Morgan fingerprint density at radius 3 is 3.04 bits per heavy atom. The van der Waals surface area contributed by atoms with Crippen LogP contribution in [0.1, 0.15) is 12.0 Å². The predicted molar refractivity (Wildman–Crippen MR) is 94.0 cm³/mol. The monoisotopic (exact) mass is 333 g/mol. The van der Waals surface area contributed by atoms with Gasteiger partial charge in [0, 0.05) is 30.6 Å². The second-order valence-electron chi connectivity index (χ2n) is 5.19. The van der Waals surface area contributed by atoms with Gasteiger partial charge in [0.2, 0.25) is 0 Å². The van der Waals surface area contributed by atoms with Crippen LogP contribution in [0.25, 0.3) is 22.4 Å². The lowest BCUT2D eigenvalue weighted by atomic mass is 10.1. The lowest BCUT2D eigenvalue weighted by molar-refractivity contribution is 0.301. The van der Waals surface area contributed by atoms with Crippen LogP contribution in [0.2, 0.25) is 0 Å². The van der Waals surface area contributed by atoms with Crippen molar-refractivity contribution in [2.75, 3.05) is 11.9 Å². The minimum Gasteiger partial charge on any atom is -0.396 e. The Hall–Kier alpha value is -3.57. The van der Waals surface area contributed by atoms with Crippen LogP contribution in [0.5, 0.6) is 0 Å². The molecule has 0 atom stereocenters. The van der Waals surface area contributed by atoms with Gasteiger partial charge in [0.15, 0.2) is 5.82 Å². The Morgan fingerprint density at radius 2 is 2.28 bits per heavy atom. The van der Waals surface area contributed by atoms with Crippen molar-refractivity contribution in [2.45, 2.75) is 6.42 Å². The van der Waals surface area contributed by atoms with E-state index in [1.165, 1.54) is 6.21 Å². The number of fused-ring (bicyclic) bond motifs is 1. The van der Waals surface area contributed by atoms with Crippen molar-refractivity contribution in [1.82, 2.24) is 20.2 Å². The van der Waals surface area contributed by atoms with Crippen LogP contribution in [0.15, 0.2) is 42.2 Å². The molecule has 2 aromatic heterocycles. The van der Waals surface area contributed by atoms with Gasteiger partial charge >= 0.3 is 0 Å². The van der Waals surface area contributed by atoms with Crippen LogP contribution >= 0.6 is 0 Å². The Balaban J connectivity index is 1.94. The fraction of sp³-hybridized carbons (Fsp3) is 0.118. The smallest absolute Gasteiger partial charge is 0.182 e. The molecule has 8 nitrogen and oxygen atoms in total. The minimum absolute atomic E-state index is 0.0294. The molecule has 0 saturated heterocycles. The minimum atomic E-state index is -0.0294. The number of hydrogen-bond donors (Lipinski definition) is 4. The highest BCUT2D eigenvalue weighted by Gasteiger charge is 2.12. The molecule has 0 bridgehead atoms. The molecule has 1 aromatic carbocycles. The quantitative estimate of drug-likeness (QED) is 0.511. The number of hydrogen-bond acceptors (Lipinski definition) is 7. The molecule has 2 heterocycles. The van der Waals surface area contributed by atoms with E-state index in [2.05, 4.69) is 31.6 Å². The Kier molecular flexibility index (Phi) is 4.78. The molecule has 3 aromatic rings. The predicted octanol–water partition coefficient (Wildman–Crippen LogP) is 2.22. The van der Waals surface area contributed by atoms with Crippen molar-refractivity contribution >= 4 is 22.9 Å². The van der Waals surface area contributed by atoms with Gasteiger partial charge in [-0.1, -0.05) is 0 Å². The zero-order valence-corrected chi connectivity index (χ0v) is 13.2. The molecule has 0 saturated carbocycles. The number of nitrogens with one attached hydrogen (secondary N) is 3. The summed E-state index contributed by atoms with van der Waals surface area (Å²) in [6.07, 6.45) is 4.78. The van der Waals surface area contributed by atoms with Crippen LogP contribution in [0, 0.1) is 16.7 Å². The molecule has 8 heteroatoms. The molecule has 25 heavy (non-hydrogen) atoms. The van der Waals surface area contributed by atoms with Gasteiger partial charge < -0.3 is 15.8 Å². The van der Waals surface area contributed by atoms with E-state index >= 15 is 0 Å². The van der Waals surface area contributed by atoms with E-state index < -0.39 is 0 Å². The molecular formula is C17H15N7O. The van der Waals surface area contributed by atoms with Crippen LogP contribution in [-0.4, -0.2) is 38.1 Å². The summed E-state index contributed by atoms with van der Waals surface area (Å²) >= 11 is 0. The third kappa shape index (κ3) is 3.52. The second kappa shape index (κ2) is 7.33. The van der Waals surface area contributed by atoms with E-state index in [-0.39, 0.29) is 6.61 Å². The maximum atomic E-state index is 9.06. The van der Waals surface area contributed by atoms with Crippen molar-refractivity contribution < 1.29 is 5.11 Å². The highest BCUT2D eigenvalue weighted by Crippen LogP contribution is 2.25. The first-order valence-corrected chi connectivity index (χ1v) is 7.53. The SMILES string of the molecule is N#Cc1ccc2[nH]nc(-c3nccc(N/C=C(\C=N)CCO)n3)c2c1. The summed E-state index contributed by atoms with van der Waals surface area (Å²) in [5, 5.41) is 36.2. The van der Waals surface area contributed by atoms with Gasteiger partial charge in [-0.05, 0) is 36.3 Å². The van der Waals surface area contributed by atoms with Gasteiger partial charge in [0.25, 0.3) is 0 Å². The van der Waals surface area contributed by atoms with E-state index in [0.29, 0.717) is 34.9 Å². The van der Waals surface area contributed by atoms with Crippen LogP contribution in [0.3, 0.4) is 0 Å². The van der Waals surface area contributed by atoms with Crippen molar-refractivity contribution in [3.63, 3.8) is 0 Å². The molecule has 0 radical (unpaired) electrons. The van der Waals surface area contributed by atoms with E-state index in [4.69, 9.17) is 15.8 Å². The summed E-state index contributed by atoms with van der Waals surface area (Å²) < 4.78 is 0. The number of rotatable bonds is 6. The van der Waals surface area contributed by atoms with Crippen molar-refractivity contribution in [2.24, 2.45) is 0 Å². The molecule has 0 aliphatic heterocycles. The molecule has 3 rings (SSSR count). The molecule has 0 amide bonds. The maximum Gasteiger partial charge on any atom is 0.182 e. The highest BCUT2D eigenvalue weighted by atomic mass is 16.2. The molecule has 0 fully saturated rings. The lowest BCUT2D eigenvalue weighted by Gasteiger charge is -2.04. The maximum absolute atomic E-state index is 9.06. The molecule has 0 aliphatic carbocycles. The van der Waals surface area contributed by atoms with E-state index in [1.54, 1.807) is 36.7 Å². The fourth-order valence-electron chi connectivity index (χ4n) is 2.29. The average molecular weight is 333 g/mol. The number of aliphatic hydroxyl groups excluding tert-OH is 1. The summed E-state index contributed by atoms with van der Waals surface area (Å²) in [7, 11) is 0. The third-order valence-electron chi connectivity index (χ3n) is 3.55. The number of nitriles is 1. The van der Waals surface area contributed by atoms with Crippen molar-refractivity contribution in [3.8, 4) is 17.6 Å². The zero-order valence-electron chi connectivity index (χ0n) is 13.2. The molecule has 0 unspecified atom stereocenters. The Bertz CT molecular complexity index is 984. The summed E-state index contributed by atoms with van der Waals surface area (Å²) in [6.45, 7) is -0.0294. The van der Waals surface area contributed by atoms with Gasteiger partial charge in [0.05, 0.1) is 17.1 Å². The van der Waals surface area contributed by atoms with Crippen LogP contribution in [0.4, 0.5) is 5.82 Å². The van der Waals surface area contributed by atoms with Gasteiger partial charge in [-0.25, -0.2) is 9.97 Å². The molecule has 0 aliphatic rings. The van der Waals surface area contributed by atoms with E-state index in [1.807, 2.05) is 0 Å². The number of benzene rings is 1. The number of anilines is 1. The van der Waals surface area contributed by atoms with Crippen molar-refractivity contribution in [1.29, 1.82) is 10.7 Å². The van der Waals surface area contributed by atoms with Gasteiger partial charge in [-0.3, -0.25) is 5.10 Å². The summed E-state index contributed by atoms with van der Waals surface area (Å²) in [5.41, 5.74) is 2.53. The fourth-order valence-corrected chi connectivity index (χ4v) is 2.29. The highest BCUT2D eigenvalue weighted by molar-refractivity contribution is 5.92. The molecule has 4 N–H and O–H groups in total. The molecule has 124 valence electrons. The Labute approximate surface area is 143 Å². The summed E-state index contributed by atoms with van der Waals surface area (Å²) in [6, 6.07) is 9.05. The second-order valence-corrected chi connectivity index (χ2v) is 5.19. The average Bonchev–Trinajstić information content (AvgIpc) is 3.08. The van der Waals surface area contributed by atoms with Crippen LogP contribution in [-0.2, 0) is 0 Å². The summed E-state index contributed by atoms with van der Waals surface area (Å²) in [4.78, 5) is 8.67. The van der Waals surface area contributed by atoms with Crippen molar-refractivity contribution in [3.05, 3.63) is 47.8 Å². The van der Waals surface area contributed by atoms with Gasteiger partial charge in [-0.2, -0.15) is 10.4 Å². The van der Waals surface area contributed by atoms with E-state index in [0.717, 1.165) is 10.9 Å². The standard InChI is InChI=1S/C17H15N7O/c18-8-11-1-2-14-13(7-11)16(24-23-14)17-20-5-3-15(22-17)21-10-12(9-19)4-6-25/h1-3,5,7,9-10,19,25H,4,6H2,(H,23,24)(H,20,21,22)/b12-10-,19-9?.